The van der Waals surface area contributed by atoms with Crippen LogP contribution in [0.5, 0.6) is 0 Å². The van der Waals surface area contributed by atoms with E-state index in [4.69, 9.17) is 5.11 Å². The SMILES string of the molecule is Cc1cnccc1N1CCN(C[C@@H](O)CO)CC1. The first-order valence-corrected chi connectivity index (χ1v) is 6.37. The Morgan fingerprint density at radius 1 is 1.33 bits per heavy atom. The monoisotopic (exact) mass is 251 g/mol. The Hall–Kier alpha value is -1.17. The van der Waals surface area contributed by atoms with Crippen LogP contribution in [0.4, 0.5) is 5.69 Å². The lowest BCUT2D eigenvalue weighted by atomic mass is 10.2. The molecule has 5 heteroatoms. The summed E-state index contributed by atoms with van der Waals surface area (Å²) in [5, 5.41) is 18.3. The lowest BCUT2D eigenvalue weighted by molar-refractivity contribution is 0.0575. The normalized spacial score (nSPS) is 18.9. The van der Waals surface area contributed by atoms with Gasteiger partial charge in [0.2, 0.25) is 0 Å². The summed E-state index contributed by atoms with van der Waals surface area (Å²) in [7, 11) is 0. The van der Waals surface area contributed by atoms with E-state index in [0.29, 0.717) is 6.54 Å². The summed E-state index contributed by atoms with van der Waals surface area (Å²) < 4.78 is 0. The van der Waals surface area contributed by atoms with Crippen molar-refractivity contribution in [2.24, 2.45) is 0 Å². The van der Waals surface area contributed by atoms with Crippen molar-refractivity contribution in [2.45, 2.75) is 13.0 Å². The van der Waals surface area contributed by atoms with Gasteiger partial charge in [-0.25, -0.2) is 0 Å². The van der Waals surface area contributed by atoms with Gasteiger partial charge in [-0.3, -0.25) is 9.88 Å². The highest BCUT2D eigenvalue weighted by Gasteiger charge is 2.19. The molecule has 0 aliphatic carbocycles. The van der Waals surface area contributed by atoms with Gasteiger partial charge in [0.15, 0.2) is 0 Å². The molecule has 18 heavy (non-hydrogen) atoms. The molecule has 1 fully saturated rings. The first kappa shape index (κ1) is 13.3. The van der Waals surface area contributed by atoms with Gasteiger partial charge < -0.3 is 15.1 Å². The molecule has 5 nitrogen and oxygen atoms in total. The number of hydrogen-bond donors (Lipinski definition) is 2. The van der Waals surface area contributed by atoms with E-state index < -0.39 is 6.10 Å². The molecule has 1 aliphatic heterocycles. The first-order valence-electron chi connectivity index (χ1n) is 6.37. The molecule has 2 rings (SSSR count). The molecule has 2 N–H and O–H groups in total. The lowest BCUT2D eigenvalue weighted by Gasteiger charge is -2.37. The molecule has 1 aromatic heterocycles. The van der Waals surface area contributed by atoms with Crippen molar-refractivity contribution in [3.05, 3.63) is 24.0 Å². The number of piperazine rings is 1. The number of anilines is 1. The molecule has 0 spiro atoms. The number of aliphatic hydroxyl groups excluding tert-OH is 2. The molecule has 1 saturated heterocycles. The molecule has 100 valence electrons. The van der Waals surface area contributed by atoms with Gasteiger partial charge in [-0.2, -0.15) is 0 Å². The Bertz CT molecular complexity index is 378. The van der Waals surface area contributed by atoms with Gasteiger partial charge >= 0.3 is 0 Å². The van der Waals surface area contributed by atoms with Crippen LogP contribution >= 0.6 is 0 Å². The molecule has 1 atom stereocenters. The van der Waals surface area contributed by atoms with Crippen molar-refractivity contribution in [1.29, 1.82) is 0 Å². The van der Waals surface area contributed by atoms with E-state index in [1.54, 1.807) is 0 Å². The predicted molar refractivity (Wildman–Crippen MR) is 70.7 cm³/mol. The molecule has 0 saturated carbocycles. The standard InChI is InChI=1S/C13H21N3O2/c1-11-8-14-3-2-13(11)16-6-4-15(5-7-16)9-12(18)10-17/h2-3,8,12,17-18H,4-7,9-10H2,1H3/t12-/m1/s1. The first-order chi connectivity index (χ1) is 8.70. The van der Waals surface area contributed by atoms with Crippen molar-refractivity contribution in [1.82, 2.24) is 9.88 Å². The Kier molecular flexibility index (Phi) is 4.52. The molecule has 2 heterocycles. The predicted octanol–water partition coefficient (Wildman–Crippen LogP) is -0.135. The second kappa shape index (κ2) is 6.13. The van der Waals surface area contributed by atoms with Gasteiger partial charge in [-0.05, 0) is 18.6 Å². The van der Waals surface area contributed by atoms with Crippen LogP contribution in [0, 0.1) is 6.92 Å². The van der Waals surface area contributed by atoms with Gasteiger partial charge in [-0.15, -0.1) is 0 Å². The second-order valence-corrected chi connectivity index (χ2v) is 4.79. The maximum Gasteiger partial charge on any atom is 0.0897 e. The topological polar surface area (TPSA) is 59.8 Å². The van der Waals surface area contributed by atoms with Crippen LogP contribution < -0.4 is 4.90 Å². The zero-order chi connectivity index (χ0) is 13.0. The van der Waals surface area contributed by atoms with E-state index in [0.717, 1.165) is 26.2 Å². The van der Waals surface area contributed by atoms with Crippen molar-refractivity contribution in [3.8, 4) is 0 Å². The lowest BCUT2D eigenvalue weighted by Crippen LogP contribution is -2.49. The molecule has 0 radical (unpaired) electrons. The number of hydrogen-bond acceptors (Lipinski definition) is 5. The number of pyridine rings is 1. The van der Waals surface area contributed by atoms with E-state index in [2.05, 4.69) is 21.7 Å². The molecule has 0 unspecified atom stereocenters. The van der Waals surface area contributed by atoms with Crippen molar-refractivity contribution < 1.29 is 10.2 Å². The smallest absolute Gasteiger partial charge is 0.0897 e. The third-order valence-corrected chi connectivity index (χ3v) is 3.38. The molecule has 1 aliphatic rings. The summed E-state index contributed by atoms with van der Waals surface area (Å²) in [6.07, 6.45) is 3.08. The van der Waals surface area contributed by atoms with Gasteiger partial charge in [0.05, 0.1) is 12.7 Å². The number of rotatable bonds is 4. The summed E-state index contributed by atoms with van der Waals surface area (Å²) in [5.41, 5.74) is 2.44. The van der Waals surface area contributed by atoms with Crippen LogP contribution in [0.3, 0.4) is 0 Å². The summed E-state index contributed by atoms with van der Waals surface area (Å²) >= 11 is 0. The van der Waals surface area contributed by atoms with Crippen molar-refractivity contribution in [3.63, 3.8) is 0 Å². The van der Waals surface area contributed by atoms with Gasteiger partial charge in [-0.1, -0.05) is 0 Å². The summed E-state index contributed by atoms with van der Waals surface area (Å²) in [5.74, 6) is 0. The number of aromatic nitrogens is 1. The van der Waals surface area contributed by atoms with Crippen LogP contribution in [0.2, 0.25) is 0 Å². The van der Waals surface area contributed by atoms with Gasteiger partial charge in [0.1, 0.15) is 0 Å². The van der Waals surface area contributed by atoms with Crippen LogP contribution in [-0.4, -0.2) is 65.5 Å². The van der Waals surface area contributed by atoms with Crippen LogP contribution in [-0.2, 0) is 0 Å². The number of aryl methyl sites for hydroxylation is 1. The third-order valence-electron chi connectivity index (χ3n) is 3.38. The maximum atomic E-state index is 9.42. The van der Waals surface area contributed by atoms with E-state index in [1.165, 1.54) is 11.3 Å². The van der Waals surface area contributed by atoms with E-state index in [9.17, 15) is 5.11 Å². The molecular formula is C13H21N3O2. The minimum Gasteiger partial charge on any atom is -0.394 e. The fourth-order valence-corrected chi connectivity index (χ4v) is 2.35. The van der Waals surface area contributed by atoms with Crippen LogP contribution in [0.1, 0.15) is 5.56 Å². The number of nitrogens with zero attached hydrogens (tertiary/aromatic N) is 3. The summed E-state index contributed by atoms with van der Waals surface area (Å²) in [6.45, 7) is 6.19. The molecule has 0 aromatic carbocycles. The van der Waals surface area contributed by atoms with Crippen molar-refractivity contribution in [2.75, 3.05) is 44.2 Å². The molecular weight excluding hydrogens is 230 g/mol. The molecule has 0 bridgehead atoms. The second-order valence-electron chi connectivity index (χ2n) is 4.79. The summed E-state index contributed by atoms with van der Waals surface area (Å²) in [4.78, 5) is 8.64. The average Bonchev–Trinajstić information content (AvgIpc) is 2.40. The van der Waals surface area contributed by atoms with Crippen LogP contribution in [0.25, 0.3) is 0 Å². The average molecular weight is 251 g/mol. The van der Waals surface area contributed by atoms with Gasteiger partial charge in [0.25, 0.3) is 0 Å². The highest BCUT2D eigenvalue weighted by molar-refractivity contribution is 5.51. The molecule has 0 amide bonds. The Morgan fingerprint density at radius 3 is 2.67 bits per heavy atom. The van der Waals surface area contributed by atoms with E-state index >= 15 is 0 Å². The Morgan fingerprint density at radius 2 is 2.06 bits per heavy atom. The fraction of sp³-hybridized carbons (Fsp3) is 0.615. The van der Waals surface area contributed by atoms with E-state index in [-0.39, 0.29) is 6.61 Å². The summed E-state index contributed by atoms with van der Waals surface area (Å²) in [6, 6.07) is 2.05. The zero-order valence-electron chi connectivity index (χ0n) is 10.8. The molecule has 1 aromatic rings. The van der Waals surface area contributed by atoms with Gasteiger partial charge in [0, 0.05) is 50.8 Å². The Balaban J connectivity index is 1.89. The number of β-amino-alcohol motifs (C(OH)–C–C–N with tert-alkyl or cyclic N) is 1. The number of aliphatic hydroxyl groups is 2. The fourth-order valence-electron chi connectivity index (χ4n) is 2.35. The van der Waals surface area contributed by atoms with Crippen LogP contribution in [0.15, 0.2) is 18.5 Å². The Labute approximate surface area is 108 Å². The minimum absolute atomic E-state index is 0.163. The maximum absolute atomic E-state index is 9.42. The minimum atomic E-state index is -0.626. The zero-order valence-corrected chi connectivity index (χ0v) is 10.8. The third kappa shape index (κ3) is 3.19. The van der Waals surface area contributed by atoms with Crippen molar-refractivity contribution >= 4 is 5.69 Å². The van der Waals surface area contributed by atoms with E-state index in [1.807, 2.05) is 18.5 Å². The highest BCUT2D eigenvalue weighted by Crippen LogP contribution is 2.19. The largest absolute Gasteiger partial charge is 0.394 e. The highest BCUT2D eigenvalue weighted by atomic mass is 16.3. The quantitative estimate of drug-likeness (QED) is 0.780.